The number of ether oxygens (including phenoxy) is 1. The molecule has 0 spiro atoms. The second-order valence-electron chi connectivity index (χ2n) is 3.39. The van der Waals surface area contributed by atoms with Gasteiger partial charge in [-0.25, -0.2) is 8.78 Å². The van der Waals surface area contributed by atoms with Crippen LogP contribution in [0.3, 0.4) is 0 Å². The number of aliphatic hydroxyl groups is 1. The fraction of sp³-hybridized carbons (Fsp3) is 0.750. The van der Waals surface area contributed by atoms with Crippen LogP contribution in [0.1, 0.15) is 17.8 Å². The minimum absolute atomic E-state index is 0.100. The summed E-state index contributed by atoms with van der Waals surface area (Å²) in [4.78, 5) is 3.63. The van der Waals surface area contributed by atoms with Gasteiger partial charge in [-0.05, 0) is 0 Å². The van der Waals surface area contributed by atoms with Gasteiger partial charge >= 0.3 is 12.3 Å². The molecule has 0 aliphatic carbocycles. The van der Waals surface area contributed by atoms with Gasteiger partial charge in [0.15, 0.2) is 5.82 Å². The molecule has 18 heavy (non-hydrogen) atoms. The second kappa shape index (κ2) is 6.07. The zero-order valence-corrected chi connectivity index (χ0v) is 9.02. The fourth-order valence-corrected chi connectivity index (χ4v) is 0.896. The second-order valence-corrected chi connectivity index (χ2v) is 3.39. The van der Waals surface area contributed by atoms with E-state index in [0.717, 1.165) is 0 Å². The molecule has 104 valence electrons. The summed E-state index contributed by atoms with van der Waals surface area (Å²) in [5.41, 5.74) is 5.34. The Hall–Kier alpha value is -1.26. The third kappa shape index (κ3) is 3.89. The monoisotopic (exact) mass is 273 g/mol. The standard InChI is InChI=1S/C8H11F4N3O3/c9-7(10)8(11,12)3-17-2-5-14-6(18-15-5)4(13)1-16/h4,7,16H,1-3,13H2/t4-/m1/s1. The van der Waals surface area contributed by atoms with E-state index in [1.165, 1.54) is 0 Å². The Balaban J connectivity index is 2.43. The fourth-order valence-electron chi connectivity index (χ4n) is 0.896. The van der Waals surface area contributed by atoms with E-state index in [4.69, 9.17) is 10.8 Å². The van der Waals surface area contributed by atoms with E-state index in [2.05, 4.69) is 19.4 Å². The van der Waals surface area contributed by atoms with Gasteiger partial charge < -0.3 is 20.1 Å². The maximum Gasteiger partial charge on any atom is 0.330 e. The Kier molecular flexibility index (Phi) is 4.99. The van der Waals surface area contributed by atoms with Crippen LogP contribution in [-0.4, -0.2) is 40.8 Å². The highest BCUT2D eigenvalue weighted by molar-refractivity contribution is 4.90. The highest BCUT2D eigenvalue weighted by Crippen LogP contribution is 2.23. The minimum atomic E-state index is -4.23. The van der Waals surface area contributed by atoms with Crippen LogP contribution in [-0.2, 0) is 11.3 Å². The molecule has 1 aromatic rings. The van der Waals surface area contributed by atoms with Crippen LogP contribution >= 0.6 is 0 Å². The maximum atomic E-state index is 12.4. The Morgan fingerprint density at radius 1 is 1.44 bits per heavy atom. The summed E-state index contributed by atoms with van der Waals surface area (Å²) in [7, 11) is 0. The first-order valence-corrected chi connectivity index (χ1v) is 4.79. The normalized spacial score (nSPS) is 14.2. The van der Waals surface area contributed by atoms with Gasteiger partial charge in [-0.2, -0.15) is 13.8 Å². The zero-order chi connectivity index (χ0) is 13.8. The molecule has 3 N–H and O–H groups in total. The predicted octanol–water partition coefficient (Wildman–Crippen LogP) is 0.479. The van der Waals surface area contributed by atoms with Crippen molar-refractivity contribution in [1.29, 1.82) is 0 Å². The van der Waals surface area contributed by atoms with E-state index < -0.39 is 38.2 Å². The first kappa shape index (κ1) is 14.8. The molecular formula is C8H11F4N3O3. The van der Waals surface area contributed by atoms with Crippen LogP contribution in [0.5, 0.6) is 0 Å². The molecule has 0 bridgehead atoms. The first-order chi connectivity index (χ1) is 8.36. The van der Waals surface area contributed by atoms with Gasteiger partial charge in [0.25, 0.3) is 0 Å². The summed E-state index contributed by atoms with van der Waals surface area (Å²) in [6.45, 7) is -2.42. The molecule has 1 aromatic heterocycles. The summed E-state index contributed by atoms with van der Waals surface area (Å²) in [5.74, 6) is -4.45. The number of hydrogen-bond donors (Lipinski definition) is 2. The Morgan fingerprint density at radius 2 is 2.11 bits per heavy atom. The van der Waals surface area contributed by atoms with E-state index >= 15 is 0 Å². The number of alkyl halides is 4. The molecule has 0 aliphatic rings. The molecule has 0 fully saturated rings. The van der Waals surface area contributed by atoms with Crippen molar-refractivity contribution >= 4 is 0 Å². The topological polar surface area (TPSA) is 94.4 Å². The zero-order valence-electron chi connectivity index (χ0n) is 9.02. The van der Waals surface area contributed by atoms with E-state index in [1.807, 2.05) is 0 Å². The number of nitrogens with zero attached hydrogens (tertiary/aromatic N) is 2. The van der Waals surface area contributed by atoms with Gasteiger partial charge in [-0.3, -0.25) is 0 Å². The molecule has 0 saturated carbocycles. The van der Waals surface area contributed by atoms with Gasteiger partial charge in [-0.15, -0.1) is 0 Å². The SMILES string of the molecule is N[C@H](CO)c1nc(COCC(F)(F)C(F)F)no1. The molecule has 1 heterocycles. The van der Waals surface area contributed by atoms with Gasteiger partial charge in [-0.1, -0.05) is 5.16 Å². The third-order valence-electron chi connectivity index (χ3n) is 1.84. The van der Waals surface area contributed by atoms with E-state index in [9.17, 15) is 17.6 Å². The number of aromatic nitrogens is 2. The minimum Gasteiger partial charge on any atom is -0.394 e. The summed E-state index contributed by atoms with van der Waals surface area (Å²) < 4.78 is 57.4. The molecule has 0 radical (unpaired) electrons. The molecule has 10 heteroatoms. The average Bonchev–Trinajstić information content (AvgIpc) is 2.76. The Bertz CT molecular complexity index is 374. The lowest BCUT2D eigenvalue weighted by molar-refractivity contribution is -0.168. The number of rotatable bonds is 7. The largest absolute Gasteiger partial charge is 0.394 e. The van der Waals surface area contributed by atoms with Crippen LogP contribution in [0.15, 0.2) is 4.52 Å². The molecule has 0 aromatic carbocycles. The van der Waals surface area contributed by atoms with Crippen molar-refractivity contribution < 1.29 is 31.9 Å². The Labute approximate surface area is 98.7 Å². The molecule has 0 amide bonds. The molecule has 1 atom stereocenters. The van der Waals surface area contributed by atoms with Crippen molar-refractivity contribution in [2.24, 2.45) is 5.73 Å². The predicted molar refractivity (Wildman–Crippen MR) is 48.9 cm³/mol. The molecule has 1 rings (SSSR count). The average molecular weight is 273 g/mol. The molecular weight excluding hydrogens is 262 g/mol. The Morgan fingerprint density at radius 3 is 2.67 bits per heavy atom. The molecule has 0 saturated heterocycles. The number of halogens is 4. The number of aliphatic hydroxyl groups excluding tert-OH is 1. The van der Waals surface area contributed by atoms with Crippen molar-refractivity contribution in [3.63, 3.8) is 0 Å². The van der Waals surface area contributed by atoms with Crippen LogP contribution in [0, 0.1) is 0 Å². The molecule has 0 unspecified atom stereocenters. The van der Waals surface area contributed by atoms with Gasteiger partial charge in [0.05, 0.1) is 6.61 Å². The third-order valence-corrected chi connectivity index (χ3v) is 1.84. The lowest BCUT2D eigenvalue weighted by Gasteiger charge is -2.14. The highest BCUT2D eigenvalue weighted by Gasteiger charge is 2.41. The van der Waals surface area contributed by atoms with Crippen molar-refractivity contribution in [2.45, 2.75) is 25.0 Å². The lowest BCUT2D eigenvalue weighted by atomic mass is 10.3. The maximum absolute atomic E-state index is 12.4. The highest BCUT2D eigenvalue weighted by atomic mass is 19.3. The first-order valence-electron chi connectivity index (χ1n) is 4.79. The summed E-state index contributed by atoms with van der Waals surface area (Å²) in [6.07, 6.45) is -3.80. The quantitative estimate of drug-likeness (QED) is 0.702. The van der Waals surface area contributed by atoms with Gasteiger partial charge in [0.1, 0.15) is 19.3 Å². The van der Waals surface area contributed by atoms with Crippen molar-refractivity contribution in [3.8, 4) is 0 Å². The lowest BCUT2D eigenvalue weighted by Crippen LogP contribution is -2.32. The van der Waals surface area contributed by atoms with Crippen LogP contribution < -0.4 is 5.73 Å². The van der Waals surface area contributed by atoms with E-state index in [0.29, 0.717) is 0 Å². The number of nitrogens with two attached hydrogens (primary N) is 1. The van der Waals surface area contributed by atoms with Crippen LogP contribution in [0.4, 0.5) is 17.6 Å². The number of hydrogen-bond acceptors (Lipinski definition) is 6. The van der Waals surface area contributed by atoms with Crippen molar-refractivity contribution in [3.05, 3.63) is 11.7 Å². The molecule has 6 nitrogen and oxygen atoms in total. The smallest absolute Gasteiger partial charge is 0.330 e. The summed E-state index contributed by atoms with van der Waals surface area (Å²) in [5, 5.41) is 12.0. The van der Waals surface area contributed by atoms with Gasteiger partial charge in [0, 0.05) is 0 Å². The van der Waals surface area contributed by atoms with Crippen molar-refractivity contribution in [1.82, 2.24) is 10.1 Å². The van der Waals surface area contributed by atoms with Crippen LogP contribution in [0.2, 0.25) is 0 Å². The summed E-state index contributed by atoms with van der Waals surface area (Å²) >= 11 is 0. The van der Waals surface area contributed by atoms with Crippen molar-refractivity contribution in [2.75, 3.05) is 13.2 Å². The van der Waals surface area contributed by atoms with Crippen LogP contribution in [0.25, 0.3) is 0 Å². The summed E-state index contributed by atoms with van der Waals surface area (Å²) in [6, 6.07) is -0.895. The van der Waals surface area contributed by atoms with Gasteiger partial charge in [0.2, 0.25) is 5.89 Å². The van der Waals surface area contributed by atoms with E-state index in [1.54, 1.807) is 0 Å². The molecule has 0 aliphatic heterocycles. The van der Waals surface area contributed by atoms with E-state index in [-0.39, 0.29) is 11.7 Å².